The van der Waals surface area contributed by atoms with E-state index in [9.17, 15) is 9.59 Å². The predicted octanol–water partition coefficient (Wildman–Crippen LogP) is 0.0543. The largest absolute Gasteiger partial charge is 0.480 e. The molecular weight excluding hydrogens is 208 g/mol. The SMILES string of the molecule is NC(CN1Cc2ccccc2C1=O)C(=O)O. The Morgan fingerprint density at radius 2 is 2.19 bits per heavy atom. The summed E-state index contributed by atoms with van der Waals surface area (Å²) < 4.78 is 0. The van der Waals surface area contributed by atoms with E-state index in [4.69, 9.17) is 10.8 Å². The Labute approximate surface area is 92.5 Å². The lowest BCUT2D eigenvalue weighted by Gasteiger charge is -2.17. The lowest BCUT2D eigenvalue weighted by molar-refractivity contribution is -0.138. The van der Waals surface area contributed by atoms with Gasteiger partial charge in [0.05, 0.1) is 0 Å². The summed E-state index contributed by atoms with van der Waals surface area (Å²) in [5.74, 6) is -1.24. The average molecular weight is 220 g/mol. The molecule has 1 amide bonds. The summed E-state index contributed by atoms with van der Waals surface area (Å²) >= 11 is 0. The van der Waals surface area contributed by atoms with Gasteiger partial charge in [-0.15, -0.1) is 0 Å². The van der Waals surface area contributed by atoms with E-state index in [1.165, 1.54) is 4.90 Å². The van der Waals surface area contributed by atoms with Crippen molar-refractivity contribution >= 4 is 11.9 Å². The first-order chi connectivity index (χ1) is 7.59. The number of fused-ring (bicyclic) bond motifs is 1. The highest BCUT2D eigenvalue weighted by Gasteiger charge is 2.29. The number of hydrogen-bond acceptors (Lipinski definition) is 3. The maximum Gasteiger partial charge on any atom is 0.322 e. The molecule has 16 heavy (non-hydrogen) atoms. The molecule has 0 aliphatic carbocycles. The number of amides is 1. The summed E-state index contributed by atoms with van der Waals surface area (Å²) in [6, 6.07) is 6.21. The molecule has 5 heteroatoms. The monoisotopic (exact) mass is 220 g/mol. The zero-order chi connectivity index (χ0) is 11.7. The van der Waals surface area contributed by atoms with Crippen LogP contribution in [0, 0.1) is 0 Å². The summed E-state index contributed by atoms with van der Waals surface area (Å²) in [4.78, 5) is 23.9. The Morgan fingerprint density at radius 3 is 2.81 bits per heavy atom. The van der Waals surface area contributed by atoms with Crippen LogP contribution in [0.4, 0.5) is 0 Å². The van der Waals surface area contributed by atoms with Crippen LogP contribution >= 0.6 is 0 Å². The molecule has 1 atom stereocenters. The number of carboxylic acid groups (broad SMARTS) is 1. The summed E-state index contributed by atoms with van der Waals surface area (Å²) in [5, 5.41) is 8.68. The number of carbonyl (C=O) groups is 2. The number of nitrogens with zero attached hydrogens (tertiary/aromatic N) is 1. The zero-order valence-corrected chi connectivity index (χ0v) is 8.59. The maximum atomic E-state index is 11.8. The molecule has 5 nitrogen and oxygen atoms in total. The van der Waals surface area contributed by atoms with E-state index in [0.717, 1.165) is 5.56 Å². The molecule has 84 valence electrons. The third-order valence-corrected chi connectivity index (χ3v) is 2.63. The van der Waals surface area contributed by atoms with E-state index >= 15 is 0 Å². The molecule has 3 N–H and O–H groups in total. The molecule has 1 aliphatic heterocycles. The van der Waals surface area contributed by atoms with Crippen molar-refractivity contribution < 1.29 is 14.7 Å². The number of carboxylic acids is 1. The summed E-state index contributed by atoms with van der Waals surface area (Å²) in [6.45, 7) is 0.485. The van der Waals surface area contributed by atoms with Crippen molar-refractivity contribution in [2.45, 2.75) is 12.6 Å². The predicted molar refractivity (Wildman–Crippen MR) is 56.8 cm³/mol. The number of rotatable bonds is 3. The number of carbonyl (C=O) groups excluding carboxylic acids is 1. The zero-order valence-electron chi connectivity index (χ0n) is 8.59. The van der Waals surface area contributed by atoms with E-state index in [0.29, 0.717) is 12.1 Å². The van der Waals surface area contributed by atoms with Crippen LogP contribution < -0.4 is 5.73 Å². The molecule has 0 fully saturated rings. The van der Waals surface area contributed by atoms with Gasteiger partial charge in [0.1, 0.15) is 6.04 Å². The van der Waals surface area contributed by atoms with Gasteiger partial charge in [-0.2, -0.15) is 0 Å². The van der Waals surface area contributed by atoms with Crippen LogP contribution in [0.2, 0.25) is 0 Å². The van der Waals surface area contributed by atoms with Crippen LogP contribution in [0.1, 0.15) is 15.9 Å². The van der Waals surface area contributed by atoms with Gasteiger partial charge in [-0.05, 0) is 11.6 Å². The average Bonchev–Trinajstić information content (AvgIpc) is 2.56. The van der Waals surface area contributed by atoms with Crippen molar-refractivity contribution in [3.05, 3.63) is 35.4 Å². The van der Waals surface area contributed by atoms with Gasteiger partial charge in [-0.3, -0.25) is 9.59 Å². The Balaban J connectivity index is 2.13. The van der Waals surface area contributed by atoms with Crippen LogP contribution in [0.15, 0.2) is 24.3 Å². The highest BCUT2D eigenvalue weighted by Crippen LogP contribution is 2.21. The van der Waals surface area contributed by atoms with E-state index in [-0.39, 0.29) is 12.5 Å². The molecule has 1 aromatic rings. The van der Waals surface area contributed by atoms with Crippen LogP contribution in [-0.4, -0.2) is 34.5 Å². The van der Waals surface area contributed by atoms with Crippen LogP contribution in [0.25, 0.3) is 0 Å². The first-order valence-electron chi connectivity index (χ1n) is 4.95. The normalized spacial score (nSPS) is 16.1. The second kappa shape index (κ2) is 3.94. The van der Waals surface area contributed by atoms with Gasteiger partial charge in [0, 0.05) is 18.7 Å². The number of nitrogens with two attached hydrogens (primary N) is 1. The van der Waals surface area contributed by atoms with Gasteiger partial charge in [0.15, 0.2) is 0 Å². The number of benzene rings is 1. The van der Waals surface area contributed by atoms with Crippen LogP contribution in [0.5, 0.6) is 0 Å². The van der Waals surface area contributed by atoms with Crippen molar-refractivity contribution in [1.82, 2.24) is 4.90 Å². The Morgan fingerprint density at radius 1 is 1.50 bits per heavy atom. The Kier molecular flexibility index (Phi) is 2.62. The molecule has 1 unspecified atom stereocenters. The lowest BCUT2D eigenvalue weighted by Crippen LogP contribution is -2.42. The topological polar surface area (TPSA) is 83.6 Å². The molecule has 2 rings (SSSR count). The number of aliphatic carboxylic acids is 1. The molecule has 0 saturated carbocycles. The Hall–Kier alpha value is -1.88. The molecule has 1 aliphatic rings. The van der Waals surface area contributed by atoms with Gasteiger partial charge in [0.2, 0.25) is 0 Å². The fourth-order valence-electron chi connectivity index (χ4n) is 1.78. The van der Waals surface area contributed by atoms with Crippen LogP contribution in [0.3, 0.4) is 0 Å². The van der Waals surface area contributed by atoms with E-state index in [1.54, 1.807) is 12.1 Å². The minimum atomic E-state index is -1.09. The molecule has 0 radical (unpaired) electrons. The highest BCUT2D eigenvalue weighted by atomic mass is 16.4. The highest BCUT2D eigenvalue weighted by molar-refractivity contribution is 5.98. The van der Waals surface area contributed by atoms with E-state index in [1.807, 2.05) is 12.1 Å². The summed E-state index contributed by atoms with van der Waals surface area (Å²) in [6.07, 6.45) is 0. The first-order valence-corrected chi connectivity index (χ1v) is 4.95. The van der Waals surface area contributed by atoms with Crippen molar-refractivity contribution in [1.29, 1.82) is 0 Å². The molecule has 0 bridgehead atoms. The summed E-state index contributed by atoms with van der Waals surface area (Å²) in [5.41, 5.74) is 6.96. The third-order valence-electron chi connectivity index (χ3n) is 2.63. The van der Waals surface area contributed by atoms with Crippen LogP contribution in [-0.2, 0) is 11.3 Å². The lowest BCUT2D eigenvalue weighted by atomic mass is 10.1. The second-order valence-electron chi connectivity index (χ2n) is 3.79. The number of hydrogen-bond donors (Lipinski definition) is 2. The molecule has 1 aromatic carbocycles. The van der Waals surface area contributed by atoms with Gasteiger partial charge in [-0.1, -0.05) is 18.2 Å². The summed E-state index contributed by atoms with van der Waals surface area (Å²) in [7, 11) is 0. The van der Waals surface area contributed by atoms with Crippen molar-refractivity contribution in [2.75, 3.05) is 6.54 Å². The van der Waals surface area contributed by atoms with Crippen molar-refractivity contribution in [2.24, 2.45) is 5.73 Å². The molecule has 0 aromatic heterocycles. The van der Waals surface area contributed by atoms with Gasteiger partial charge in [-0.25, -0.2) is 0 Å². The molecule has 0 spiro atoms. The second-order valence-corrected chi connectivity index (χ2v) is 3.79. The van der Waals surface area contributed by atoms with Crippen molar-refractivity contribution in [3.8, 4) is 0 Å². The smallest absolute Gasteiger partial charge is 0.322 e. The Bertz CT molecular complexity index is 445. The first kappa shape index (κ1) is 10.6. The fraction of sp³-hybridized carbons (Fsp3) is 0.273. The van der Waals surface area contributed by atoms with E-state index < -0.39 is 12.0 Å². The minimum Gasteiger partial charge on any atom is -0.480 e. The quantitative estimate of drug-likeness (QED) is 0.754. The fourth-order valence-corrected chi connectivity index (χ4v) is 1.78. The minimum absolute atomic E-state index is 0.0445. The molecular formula is C11H12N2O3. The molecule has 0 saturated heterocycles. The van der Waals surface area contributed by atoms with Crippen molar-refractivity contribution in [3.63, 3.8) is 0 Å². The van der Waals surface area contributed by atoms with Gasteiger partial charge >= 0.3 is 5.97 Å². The van der Waals surface area contributed by atoms with E-state index in [2.05, 4.69) is 0 Å². The van der Waals surface area contributed by atoms with Gasteiger partial charge in [0.25, 0.3) is 5.91 Å². The van der Waals surface area contributed by atoms with Gasteiger partial charge < -0.3 is 15.7 Å². The third kappa shape index (κ3) is 1.77. The standard InChI is InChI=1S/C11H12N2O3/c12-9(11(15)16)6-13-5-7-3-1-2-4-8(7)10(13)14/h1-4,9H,5-6,12H2,(H,15,16). The molecule has 1 heterocycles. The maximum absolute atomic E-state index is 11.8.